The Hall–Kier alpha value is -4.63. The lowest BCUT2D eigenvalue weighted by atomic mass is 10.1. The van der Waals surface area contributed by atoms with E-state index >= 15 is 0 Å². The monoisotopic (exact) mass is 473 g/mol. The third-order valence-corrected chi connectivity index (χ3v) is 4.54. The number of nitrogen functional groups attached to an aromatic ring is 1. The average molecular weight is 473 g/mol. The Bertz CT molecular complexity index is 1310. The minimum absolute atomic E-state index is 0.0196. The van der Waals surface area contributed by atoms with E-state index in [2.05, 4.69) is 25.3 Å². The van der Waals surface area contributed by atoms with Gasteiger partial charge in [0.15, 0.2) is 11.2 Å². The summed E-state index contributed by atoms with van der Waals surface area (Å²) in [5, 5.41) is 41.6. The lowest BCUT2D eigenvalue weighted by molar-refractivity contribution is -0.207. The fraction of sp³-hybridized carbons (Fsp3) is 0.211. The second kappa shape index (κ2) is 9.47. The number of fused-ring (bicyclic) bond motifs is 1. The van der Waals surface area contributed by atoms with E-state index < -0.39 is 41.7 Å². The van der Waals surface area contributed by atoms with Crippen molar-refractivity contribution >= 4 is 40.6 Å². The van der Waals surface area contributed by atoms with Gasteiger partial charge >= 0.3 is 11.9 Å². The first-order valence-electron chi connectivity index (χ1n) is 9.53. The number of aliphatic carboxylic acids is 2. The molecule has 0 aliphatic rings. The van der Waals surface area contributed by atoms with Gasteiger partial charge in [-0.3, -0.25) is 14.6 Å². The number of nitrogens with one attached hydrogen (secondary N) is 3. The van der Waals surface area contributed by atoms with Crippen LogP contribution >= 0.6 is 0 Å². The van der Waals surface area contributed by atoms with Gasteiger partial charge in [0.1, 0.15) is 6.04 Å². The summed E-state index contributed by atoms with van der Waals surface area (Å²) < 4.78 is 0. The Morgan fingerprint density at radius 2 is 1.79 bits per heavy atom. The van der Waals surface area contributed by atoms with Crippen molar-refractivity contribution in [3.05, 3.63) is 52.1 Å². The van der Waals surface area contributed by atoms with Crippen molar-refractivity contribution in [1.82, 2.24) is 25.3 Å². The number of anilines is 2. The highest BCUT2D eigenvalue weighted by atomic mass is 16.5. The van der Waals surface area contributed by atoms with E-state index in [9.17, 15) is 29.4 Å². The van der Waals surface area contributed by atoms with Gasteiger partial charge in [-0.2, -0.15) is 4.98 Å². The van der Waals surface area contributed by atoms with Crippen LogP contribution < -0.4 is 21.9 Å². The van der Waals surface area contributed by atoms with Gasteiger partial charge in [0.25, 0.3) is 17.3 Å². The molecule has 34 heavy (non-hydrogen) atoms. The number of carbonyl (C=O) groups excluding carboxylic acids is 1. The fourth-order valence-electron chi connectivity index (χ4n) is 2.80. The van der Waals surface area contributed by atoms with Crippen LogP contribution in [0.4, 0.5) is 11.6 Å². The summed E-state index contributed by atoms with van der Waals surface area (Å²) in [6, 6.07) is 3.88. The molecule has 3 aromatic rings. The molecule has 15 nitrogen and oxygen atoms in total. The minimum Gasteiger partial charge on any atom is -0.480 e. The summed E-state index contributed by atoms with van der Waals surface area (Å²) in [6.07, 6.45) is 0.245. The highest BCUT2D eigenvalue weighted by Gasteiger charge is 2.39. The molecule has 0 saturated heterocycles. The van der Waals surface area contributed by atoms with E-state index in [4.69, 9.17) is 15.9 Å². The number of nitrogens with two attached hydrogens (primary N) is 1. The van der Waals surface area contributed by atoms with Crippen molar-refractivity contribution in [2.45, 2.75) is 24.8 Å². The van der Waals surface area contributed by atoms with Gasteiger partial charge in [-0.05, 0) is 24.3 Å². The predicted octanol–water partition coefficient (Wildman–Crippen LogP) is -1.75. The largest absolute Gasteiger partial charge is 0.480 e. The average Bonchev–Trinajstić information content (AvgIpc) is 2.77. The van der Waals surface area contributed by atoms with Gasteiger partial charge in [0, 0.05) is 17.7 Å². The van der Waals surface area contributed by atoms with Crippen LogP contribution in [0.15, 0.2) is 35.3 Å². The van der Waals surface area contributed by atoms with E-state index in [1.165, 1.54) is 30.5 Å². The van der Waals surface area contributed by atoms with Crippen LogP contribution in [-0.4, -0.2) is 70.0 Å². The number of hydrogen-bond acceptors (Lipinski definition) is 11. The molecule has 178 valence electrons. The number of carboxylic acids is 2. The van der Waals surface area contributed by atoms with Crippen LogP contribution in [0.1, 0.15) is 22.5 Å². The summed E-state index contributed by atoms with van der Waals surface area (Å²) in [7, 11) is 0. The molecule has 2 aromatic heterocycles. The zero-order chi connectivity index (χ0) is 25.0. The van der Waals surface area contributed by atoms with E-state index in [1.54, 1.807) is 0 Å². The summed E-state index contributed by atoms with van der Waals surface area (Å²) in [5.74, 6) is -7.97. The molecule has 0 bridgehead atoms. The summed E-state index contributed by atoms with van der Waals surface area (Å²) >= 11 is 0. The maximum Gasteiger partial charge on any atom is 0.364 e. The number of rotatable bonds is 9. The number of aromatic nitrogens is 4. The maximum atomic E-state index is 12.3. The number of nitrogens with zero attached hydrogens (tertiary/aromatic N) is 3. The van der Waals surface area contributed by atoms with Crippen LogP contribution in [0.3, 0.4) is 0 Å². The molecule has 0 aliphatic heterocycles. The lowest BCUT2D eigenvalue weighted by Crippen LogP contribution is -2.50. The molecule has 0 radical (unpaired) electrons. The molecule has 1 amide bonds. The first-order chi connectivity index (χ1) is 16.0. The number of benzene rings is 1. The molecule has 0 saturated carbocycles. The van der Waals surface area contributed by atoms with E-state index in [0.29, 0.717) is 11.4 Å². The molecule has 1 aromatic carbocycles. The molecule has 3 rings (SSSR count). The van der Waals surface area contributed by atoms with Crippen molar-refractivity contribution < 1.29 is 34.8 Å². The molecular weight excluding hydrogens is 454 g/mol. The molecular formula is C19H19N7O8. The number of carboxylic acid groups (broad SMARTS) is 2. The molecule has 0 fully saturated rings. The molecule has 0 aliphatic carbocycles. The topological polar surface area (TPSA) is 254 Å². The van der Waals surface area contributed by atoms with Crippen molar-refractivity contribution in [3.63, 3.8) is 0 Å². The fourth-order valence-corrected chi connectivity index (χ4v) is 2.80. The quantitative estimate of drug-likeness (QED) is 0.161. The number of H-pyrrole nitrogens is 1. The van der Waals surface area contributed by atoms with Crippen LogP contribution in [-0.2, 0) is 16.1 Å². The van der Waals surface area contributed by atoms with Gasteiger partial charge in [-0.25, -0.2) is 19.6 Å². The Kier molecular flexibility index (Phi) is 6.69. The first kappa shape index (κ1) is 24.0. The SMILES string of the molecule is Nc1nc2ncc(CNc3ccc(C(=O)NC(CC(O)(O)C(=O)O)C(=O)O)cc3)nc2c(=O)[nH]1. The lowest BCUT2D eigenvalue weighted by Gasteiger charge is -2.21. The van der Waals surface area contributed by atoms with Crippen molar-refractivity contribution in [3.8, 4) is 0 Å². The Morgan fingerprint density at radius 3 is 2.41 bits per heavy atom. The Labute approximate surface area is 189 Å². The molecule has 0 spiro atoms. The minimum atomic E-state index is -3.33. The third kappa shape index (κ3) is 5.59. The Morgan fingerprint density at radius 1 is 1.12 bits per heavy atom. The van der Waals surface area contributed by atoms with E-state index in [1.807, 2.05) is 5.32 Å². The smallest absolute Gasteiger partial charge is 0.364 e. The maximum absolute atomic E-state index is 12.3. The van der Waals surface area contributed by atoms with Crippen molar-refractivity contribution in [1.29, 1.82) is 0 Å². The predicted molar refractivity (Wildman–Crippen MR) is 114 cm³/mol. The number of aromatic amines is 1. The van der Waals surface area contributed by atoms with Crippen LogP contribution in [0, 0.1) is 0 Å². The standard InChI is InChI=1S/C19H19N7O8/c20-18-25-13-12(15(28)26-18)23-10(7-22-13)6-21-9-3-1-8(2-4-9)14(27)24-11(16(29)30)5-19(33,34)17(31)32/h1-4,7,11,21,33-34H,5-6H2,(H,24,27)(H,29,30)(H,31,32)(H3,20,22,25,26,28). The second-order valence-electron chi connectivity index (χ2n) is 7.11. The van der Waals surface area contributed by atoms with Crippen molar-refractivity contribution in [2.75, 3.05) is 11.1 Å². The number of amides is 1. The summed E-state index contributed by atoms with van der Waals surface area (Å²) in [6.45, 7) is 0.170. The number of carbonyl (C=O) groups is 3. The Balaban J connectivity index is 1.64. The van der Waals surface area contributed by atoms with E-state index in [0.717, 1.165) is 0 Å². The zero-order valence-corrected chi connectivity index (χ0v) is 17.2. The summed E-state index contributed by atoms with van der Waals surface area (Å²) in [4.78, 5) is 60.7. The first-order valence-corrected chi connectivity index (χ1v) is 9.53. The van der Waals surface area contributed by atoms with Gasteiger partial charge < -0.3 is 36.8 Å². The molecule has 9 N–H and O–H groups in total. The van der Waals surface area contributed by atoms with Crippen LogP contribution in [0.25, 0.3) is 11.2 Å². The van der Waals surface area contributed by atoms with Gasteiger partial charge in [-0.1, -0.05) is 0 Å². The molecule has 1 unspecified atom stereocenters. The number of aliphatic hydroxyl groups is 2. The normalized spacial score (nSPS) is 12.2. The highest BCUT2D eigenvalue weighted by molar-refractivity contribution is 5.97. The molecule has 2 heterocycles. The zero-order valence-electron chi connectivity index (χ0n) is 17.2. The van der Waals surface area contributed by atoms with E-state index in [-0.39, 0.29) is 29.2 Å². The van der Waals surface area contributed by atoms with Crippen molar-refractivity contribution in [2.24, 2.45) is 0 Å². The molecule has 1 atom stereocenters. The van der Waals surface area contributed by atoms with Gasteiger partial charge in [-0.15, -0.1) is 0 Å². The van der Waals surface area contributed by atoms with Gasteiger partial charge in [0.05, 0.1) is 18.4 Å². The van der Waals surface area contributed by atoms with Gasteiger partial charge in [0.2, 0.25) is 5.95 Å². The van der Waals surface area contributed by atoms with Crippen LogP contribution in [0.5, 0.6) is 0 Å². The summed E-state index contributed by atoms with van der Waals surface area (Å²) in [5.41, 5.74) is 6.06. The highest BCUT2D eigenvalue weighted by Crippen LogP contribution is 2.14. The second-order valence-corrected chi connectivity index (χ2v) is 7.11. The number of hydrogen-bond donors (Lipinski definition) is 8. The molecule has 15 heteroatoms. The third-order valence-electron chi connectivity index (χ3n) is 4.54. The van der Waals surface area contributed by atoms with Crippen LogP contribution in [0.2, 0.25) is 0 Å².